The molecule has 3 heterocycles. The second kappa shape index (κ2) is 32.3. The first-order chi connectivity index (χ1) is 65.5. The quantitative estimate of drug-likeness (QED) is 0.0962. The maximum Gasteiger partial charge on any atom is 0.0726 e. The number of rotatable bonds is 16. The minimum Gasteiger partial charge on any atom is -0.310 e. The Morgan fingerprint density at radius 1 is 0.167 bits per heavy atom. The van der Waals surface area contributed by atoms with Gasteiger partial charge in [-0.25, -0.2) is 0 Å². The Kier molecular flexibility index (Phi) is 18.9. The molecule has 2 aliphatic rings. The third-order valence-electron chi connectivity index (χ3n) is 26.8. The first-order valence-corrected chi connectivity index (χ1v) is 46.1. The fourth-order valence-corrected chi connectivity index (χ4v) is 22.3. The Hall–Kier alpha value is -17.1. The molecule has 0 aliphatic heterocycles. The first-order valence-electron chi connectivity index (χ1n) is 45.3. The van der Waals surface area contributed by atoms with Crippen molar-refractivity contribution in [1.82, 2.24) is 9.13 Å². The van der Waals surface area contributed by atoms with Crippen LogP contribution in [0.4, 0.5) is 68.2 Å². The van der Waals surface area contributed by atoms with Crippen LogP contribution in [0.5, 0.6) is 0 Å². The molecule has 0 amide bonds. The van der Waals surface area contributed by atoms with Crippen molar-refractivity contribution < 1.29 is 0 Å². The molecular formula is C125H84N6S. The van der Waals surface area contributed by atoms with Gasteiger partial charge in [-0.3, -0.25) is 0 Å². The van der Waals surface area contributed by atoms with Crippen molar-refractivity contribution in [2.75, 3.05) is 19.6 Å². The number of anilines is 12. The van der Waals surface area contributed by atoms with Crippen LogP contribution in [0.2, 0.25) is 0 Å². The molecule has 0 fully saturated rings. The largest absolute Gasteiger partial charge is 0.310 e. The fraction of sp³-hybridized carbons (Fsp3) is 0.00800. The van der Waals surface area contributed by atoms with Gasteiger partial charge < -0.3 is 28.7 Å². The van der Waals surface area contributed by atoms with Crippen LogP contribution in [0.25, 0.3) is 130 Å². The number of benzene rings is 21. The summed E-state index contributed by atoms with van der Waals surface area (Å²) in [4.78, 5) is 9.59. The molecule has 1 spiro atoms. The molecule has 0 saturated heterocycles. The predicted molar refractivity (Wildman–Crippen MR) is 558 cm³/mol. The molecule has 21 aromatic carbocycles. The molecule has 0 radical (unpaired) electrons. The van der Waals surface area contributed by atoms with E-state index in [1.807, 2.05) is 11.3 Å². The zero-order valence-corrected chi connectivity index (χ0v) is 72.9. The van der Waals surface area contributed by atoms with E-state index in [4.69, 9.17) is 0 Å². The van der Waals surface area contributed by atoms with Crippen molar-refractivity contribution in [3.05, 3.63) is 532 Å². The molecular weight excluding hydrogens is 1620 g/mol. The molecule has 6 nitrogen and oxygen atoms in total. The van der Waals surface area contributed by atoms with E-state index >= 15 is 0 Å². The minimum atomic E-state index is -0.468. The Labute approximate surface area is 770 Å². The van der Waals surface area contributed by atoms with Crippen molar-refractivity contribution in [3.63, 3.8) is 0 Å². The first kappa shape index (κ1) is 77.3. The minimum absolute atomic E-state index is 0.468. The topological polar surface area (TPSA) is 22.8 Å². The molecule has 7 heteroatoms. The second-order valence-electron chi connectivity index (χ2n) is 34.3. The number of fused-ring (bicyclic) bond motifs is 20. The van der Waals surface area contributed by atoms with Crippen molar-refractivity contribution in [2.45, 2.75) is 5.41 Å². The average Bonchev–Trinajstić information content (AvgIpc) is 1.51. The second-order valence-corrected chi connectivity index (χ2v) is 35.3. The number of aromatic nitrogens is 2. The lowest BCUT2D eigenvalue weighted by molar-refractivity contribution is 0.793. The summed E-state index contributed by atoms with van der Waals surface area (Å²) in [7, 11) is 0. The van der Waals surface area contributed by atoms with Gasteiger partial charge in [0.2, 0.25) is 0 Å². The zero-order chi connectivity index (χ0) is 87.2. The number of para-hydroxylation sites is 7. The van der Waals surface area contributed by atoms with E-state index in [-0.39, 0.29) is 0 Å². The Balaban J connectivity index is 0.000000146. The standard InChI is InChI=1S/C71H47N3.C54H37N3S/c1-3-22-52(23-4-1)72(54-26-17-21-50(44-54)51-38-41-64-63-32-12-16-36-69(63)74(70(64)45-51)53-24-5-2-6-25-53)55-27-18-28-56(46-55)73(57-39-37-48-19-7-8-20-49(48)43-57)58-40-42-62-61-31-11-15-35-67(61)71(68(62)47-58)65-33-13-9-29-59(65)60-30-10-14-34-66(60)71;1-4-17-40(18-5-1)55(43-23-14-16-38(34-43)39-30-32-48-47-26-10-12-28-51(47)57(52(48)35-39)42-21-8-3-9-22-42)44-24-15-25-45(36-44)56(41-19-6-2-7-20-41)46-31-33-50-49-27-11-13-29-53(49)58-54(50)37-46/h1-47H;1-37H. The van der Waals surface area contributed by atoms with Gasteiger partial charge in [-0.1, -0.05) is 322 Å². The highest BCUT2D eigenvalue weighted by atomic mass is 32.1. The van der Waals surface area contributed by atoms with Gasteiger partial charge in [0.1, 0.15) is 0 Å². The van der Waals surface area contributed by atoms with Crippen molar-refractivity contribution in [1.29, 1.82) is 0 Å². The summed E-state index contributed by atoms with van der Waals surface area (Å²) >= 11 is 1.85. The lowest BCUT2D eigenvalue weighted by atomic mass is 9.70. The molecule has 3 aromatic heterocycles. The summed E-state index contributed by atoms with van der Waals surface area (Å²) in [5.41, 5.74) is 34.8. The molecule has 0 N–H and O–H groups in total. The predicted octanol–water partition coefficient (Wildman–Crippen LogP) is 34.6. The molecule has 24 aromatic rings. The number of nitrogens with zero attached hydrogens (tertiary/aromatic N) is 6. The van der Waals surface area contributed by atoms with Crippen LogP contribution >= 0.6 is 11.3 Å². The van der Waals surface area contributed by atoms with E-state index in [1.54, 1.807) is 0 Å². The monoisotopic (exact) mass is 1700 g/mol. The summed E-state index contributed by atoms with van der Waals surface area (Å²) in [5, 5.41) is 10.00. The Bertz CT molecular complexity index is 8510. The third kappa shape index (κ3) is 13.1. The molecule has 0 saturated carbocycles. The molecule has 0 bridgehead atoms. The van der Waals surface area contributed by atoms with Crippen molar-refractivity contribution in [3.8, 4) is 55.9 Å². The highest BCUT2D eigenvalue weighted by molar-refractivity contribution is 7.25. The van der Waals surface area contributed by atoms with Gasteiger partial charge in [0.25, 0.3) is 0 Å². The van der Waals surface area contributed by atoms with E-state index in [1.165, 1.54) is 125 Å². The van der Waals surface area contributed by atoms with Crippen LogP contribution in [-0.4, -0.2) is 9.13 Å². The lowest BCUT2D eigenvalue weighted by Gasteiger charge is -2.33. The maximum atomic E-state index is 2.49. The van der Waals surface area contributed by atoms with E-state index in [0.29, 0.717) is 0 Å². The van der Waals surface area contributed by atoms with Gasteiger partial charge in [0.15, 0.2) is 0 Å². The molecule has 620 valence electrons. The van der Waals surface area contributed by atoms with Gasteiger partial charge >= 0.3 is 0 Å². The van der Waals surface area contributed by atoms with E-state index < -0.39 is 5.41 Å². The lowest BCUT2D eigenvalue weighted by Crippen LogP contribution is -2.26. The van der Waals surface area contributed by atoms with Crippen molar-refractivity contribution >= 4 is 154 Å². The van der Waals surface area contributed by atoms with Crippen LogP contribution in [0.15, 0.2) is 510 Å². The summed E-state index contributed by atoms with van der Waals surface area (Å²) in [6, 6.07) is 186. The molecule has 132 heavy (non-hydrogen) atoms. The summed E-state index contributed by atoms with van der Waals surface area (Å²) in [6.45, 7) is 0. The highest BCUT2D eigenvalue weighted by Gasteiger charge is 2.52. The Morgan fingerprint density at radius 2 is 0.485 bits per heavy atom. The highest BCUT2D eigenvalue weighted by Crippen LogP contribution is 2.64. The van der Waals surface area contributed by atoms with E-state index in [0.717, 1.165) is 96.3 Å². The normalized spacial score (nSPS) is 12.2. The number of thiophene rings is 1. The van der Waals surface area contributed by atoms with Gasteiger partial charge in [-0.2, -0.15) is 0 Å². The number of hydrogen-bond donors (Lipinski definition) is 0. The fourth-order valence-electron chi connectivity index (χ4n) is 21.1. The smallest absolute Gasteiger partial charge is 0.0726 e. The van der Waals surface area contributed by atoms with Gasteiger partial charge in [-0.05, 0) is 266 Å². The average molecular weight is 1700 g/mol. The SMILES string of the molecule is c1ccc(N(c2cccc(-c3ccc4c5ccccc5n(-c5ccccc5)c4c3)c2)c2cccc(N(c3ccc4c(c3)C3(c5ccccc5-c5ccccc53)c3ccccc3-4)c3ccc4ccccc4c3)c2)cc1.c1ccc(N(c2cccc(-c3ccc4c5ccccc5n(-c5ccccc5)c4c3)c2)c2cccc(N(c3ccccc3)c3ccc4c(c3)sc3ccccc34)c2)cc1. The summed E-state index contributed by atoms with van der Waals surface area (Å²) in [6.07, 6.45) is 0. The van der Waals surface area contributed by atoms with Gasteiger partial charge in [0.05, 0.1) is 27.5 Å². The molecule has 0 unspecified atom stereocenters. The van der Waals surface area contributed by atoms with Gasteiger partial charge in [-0.15, -0.1) is 11.3 Å². The number of hydrogen-bond acceptors (Lipinski definition) is 5. The third-order valence-corrected chi connectivity index (χ3v) is 28.0. The van der Waals surface area contributed by atoms with Gasteiger partial charge in [0, 0.05) is 121 Å². The van der Waals surface area contributed by atoms with Crippen LogP contribution in [0.3, 0.4) is 0 Å². The summed E-state index contributed by atoms with van der Waals surface area (Å²) < 4.78 is 7.37. The summed E-state index contributed by atoms with van der Waals surface area (Å²) in [5.74, 6) is 0. The molecule has 26 rings (SSSR count). The van der Waals surface area contributed by atoms with E-state index in [9.17, 15) is 0 Å². The maximum absolute atomic E-state index is 2.49. The molecule has 0 atom stereocenters. The van der Waals surface area contributed by atoms with Crippen LogP contribution < -0.4 is 19.6 Å². The Morgan fingerprint density at radius 3 is 0.977 bits per heavy atom. The van der Waals surface area contributed by atoms with Crippen LogP contribution in [-0.2, 0) is 5.41 Å². The molecule has 2 aliphatic carbocycles. The van der Waals surface area contributed by atoms with Crippen LogP contribution in [0.1, 0.15) is 22.3 Å². The van der Waals surface area contributed by atoms with Crippen molar-refractivity contribution in [2.24, 2.45) is 0 Å². The van der Waals surface area contributed by atoms with E-state index in [2.05, 4.69) is 538 Å². The zero-order valence-electron chi connectivity index (χ0n) is 72.1. The van der Waals surface area contributed by atoms with Crippen LogP contribution in [0, 0.1) is 0 Å².